The molecule has 258 valence electrons. The molecule has 0 radical (unpaired) electrons. The highest BCUT2D eigenvalue weighted by molar-refractivity contribution is 5.83. The van der Waals surface area contributed by atoms with E-state index >= 15 is 0 Å². The minimum Gasteiger partial charge on any atom is -0.299 e. The minimum absolute atomic E-state index is 0.310. The maximum Gasteiger partial charge on any atom is 0.136 e. The van der Waals surface area contributed by atoms with E-state index in [-0.39, 0.29) is 0 Å². The second kappa shape index (κ2) is 16.0. The van der Waals surface area contributed by atoms with Gasteiger partial charge in [0.25, 0.3) is 0 Å². The van der Waals surface area contributed by atoms with Gasteiger partial charge in [0.15, 0.2) is 0 Å². The Kier molecular flexibility index (Phi) is 14.3. The third-order valence-corrected chi connectivity index (χ3v) is 13.6. The van der Waals surface area contributed by atoms with E-state index in [1.165, 1.54) is 51.4 Å². The molecule has 44 heavy (non-hydrogen) atoms. The van der Waals surface area contributed by atoms with Crippen molar-refractivity contribution in [2.45, 2.75) is 187 Å². The molecule has 4 aliphatic carbocycles. The van der Waals surface area contributed by atoms with Gasteiger partial charge in [0.05, 0.1) is 0 Å². The average molecular weight is 615 g/mol. The molecule has 0 N–H and O–H groups in total. The zero-order valence-electron chi connectivity index (χ0n) is 32.3. The van der Waals surface area contributed by atoms with Crippen LogP contribution in [0.1, 0.15) is 187 Å². The molecule has 0 amide bonds. The summed E-state index contributed by atoms with van der Waals surface area (Å²) in [6.07, 6.45) is 16.7. The Labute approximate surface area is 276 Å². The number of fused-ring (bicyclic) bond motifs is 2. The van der Waals surface area contributed by atoms with Gasteiger partial charge < -0.3 is 0 Å². The van der Waals surface area contributed by atoms with E-state index in [2.05, 4.69) is 83.1 Å². The largest absolute Gasteiger partial charge is 0.299 e. The molecule has 0 aromatic carbocycles. The maximum atomic E-state index is 12.3. The van der Waals surface area contributed by atoms with Gasteiger partial charge >= 0.3 is 0 Å². The molecule has 4 saturated carbocycles. The Hall–Kier alpha value is -0.660. The molecule has 2 heteroatoms. The van der Waals surface area contributed by atoms with Crippen LogP contribution >= 0.6 is 0 Å². The van der Waals surface area contributed by atoms with Crippen LogP contribution in [-0.4, -0.2) is 11.6 Å². The van der Waals surface area contributed by atoms with E-state index in [4.69, 9.17) is 0 Å². The summed E-state index contributed by atoms with van der Waals surface area (Å²) >= 11 is 0. The Morgan fingerprint density at radius 3 is 1.23 bits per heavy atom. The van der Waals surface area contributed by atoms with Crippen LogP contribution in [-0.2, 0) is 9.59 Å². The van der Waals surface area contributed by atoms with Gasteiger partial charge in [-0.2, -0.15) is 0 Å². The first-order valence-corrected chi connectivity index (χ1v) is 19.4. The predicted molar refractivity (Wildman–Crippen MR) is 192 cm³/mol. The molecule has 0 heterocycles. The van der Waals surface area contributed by atoms with Crippen molar-refractivity contribution in [3.63, 3.8) is 0 Å². The van der Waals surface area contributed by atoms with Crippen LogP contribution in [0.25, 0.3) is 0 Å². The van der Waals surface area contributed by atoms with Crippen LogP contribution in [0.3, 0.4) is 0 Å². The van der Waals surface area contributed by atoms with Gasteiger partial charge in [-0.1, -0.05) is 96.9 Å². The third kappa shape index (κ3) is 9.69. The Balaban J connectivity index is 0.000000291. The summed E-state index contributed by atoms with van der Waals surface area (Å²) in [5.74, 6) is 6.51. The molecule has 4 rings (SSSR count). The number of carbonyl (C=O) groups is 2. The van der Waals surface area contributed by atoms with Crippen molar-refractivity contribution in [3.05, 3.63) is 0 Å². The van der Waals surface area contributed by atoms with Crippen molar-refractivity contribution in [1.29, 1.82) is 0 Å². The van der Waals surface area contributed by atoms with Crippen molar-refractivity contribution >= 4 is 11.6 Å². The van der Waals surface area contributed by atoms with Gasteiger partial charge in [-0.3, -0.25) is 9.59 Å². The van der Waals surface area contributed by atoms with E-state index in [1.807, 2.05) is 13.8 Å². The third-order valence-electron chi connectivity index (χ3n) is 13.6. The van der Waals surface area contributed by atoms with E-state index in [1.54, 1.807) is 0 Å². The molecule has 10 atom stereocenters. The van der Waals surface area contributed by atoms with Crippen LogP contribution in [0.4, 0.5) is 0 Å². The fourth-order valence-electron chi connectivity index (χ4n) is 10.3. The quantitative estimate of drug-likeness (QED) is 0.272. The first-order valence-electron chi connectivity index (χ1n) is 19.4. The fraction of sp³-hybridized carbons (Fsp3) is 0.952. The Morgan fingerprint density at radius 2 is 0.932 bits per heavy atom. The van der Waals surface area contributed by atoms with Gasteiger partial charge in [-0.15, -0.1) is 0 Å². The van der Waals surface area contributed by atoms with E-state index in [9.17, 15) is 9.59 Å². The summed E-state index contributed by atoms with van der Waals surface area (Å²) in [5, 5.41) is 0. The molecular weight excluding hydrogens is 536 g/mol. The Bertz CT molecular complexity index is 830. The van der Waals surface area contributed by atoms with Gasteiger partial charge in [-0.05, 0) is 134 Å². The summed E-state index contributed by atoms with van der Waals surface area (Å²) in [6.45, 7) is 32.7. The summed E-state index contributed by atoms with van der Waals surface area (Å²) in [6, 6.07) is 0. The highest BCUT2D eigenvalue weighted by Gasteiger charge is 2.54. The lowest BCUT2D eigenvalue weighted by molar-refractivity contribution is -0.131. The summed E-state index contributed by atoms with van der Waals surface area (Å²) in [5.41, 5.74) is 1.50. The number of Topliss-reactive ketones (excluding diaryl/α,β-unsaturated/α-hetero) is 2. The van der Waals surface area contributed by atoms with Crippen LogP contribution in [0.2, 0.25) is 0 Å². The highest BCUT2D eigenvalue weighted by Crippen LogP contribution is 2.59. The predicted octanol–water partition coefficient (Wildman–Crippen LogP) is 12.8. The molecule has 4 fully saturated rings. The summed E-state index contributed by atoms with van der Waals surface area (Å²) < 4.78 is 0. The topological polar surface area (TPSA) is 34.1 Å². The second-order valence-corrected chi connectivity index (χ2v) is 19.0. The zero-order valence-corrected chi connectivity index (χ0v) is 32.3. The van der Waals surface area contributed by atoms with Crippen molar-refractivity contribution in [1.82, 2.24) is 0 Å². The lowest BCUT2D eigenvalue weighted by atomic mass is 9.60. The molecule has 2 nitrogen and oxygen atoms in total. The van der Waals surface area contributed by atoms with Crippen molar-refractivity contribution in [2.75, 3.05) is 0 Å². The molecule has 0 aromatic rings. The average Bonchev–Trinajstić information content (AvgIpc) is 3.48. The van der Waals surface area contributed by atoms with Crippen LogP contribution < -0.4 is 0 Å². The summed E-state index contributed by atoms with van der Waals surface area (Å²) in [7, 11) is 0. The Morgan fingerprint density at radius 1 is 0.614 bits per heavy atom. The second-order valence-electron chi connectivity index (χ2n) is 19.0. The fourth-order valence-corrected chi connectivity index (χ4v) is 10.3. The molecule has 0 saturated heterocycles. The number of carbonyl (C=O) groups excluding carboxylic acids is 2. The van der Waals surface area contributed by atoms with Crippen molar-refractivity contribution < 1.29 is 9.59 Å². The number of rotatable bonds is 8. The van der Waals surface area contributed by atoms with E-state index in [0.717, 1.165) is 74.0 Å². The van der Waals surface area contributed by atoms with E-state index in [0.29, 0.717) is 45.1 Å². The van der Waals surface area contributed by atoms with Crippen LogP contribution in [0, 0.1) is 69.0 Å². The minimum atomic E-state index is 0.310. The first kappa shape index (κ1) is 39.5. The normalized spacial score (nSPS) is 34.9. The lowest BCUT2D eigenvalue weighted by Crippen LogP contribution is -2.40. The van der Waals surface area contributed by atoms with E-state index < -0.39 is 0 Å². The van der Waals surface area contributed by atoms with Gasteiger partial charge in [-0.25, -0.2) is 0 Å². The summed E-state index contributed by atoms with van der Waals surface area (Å²) in [4.78, 5) is 24.6. The highest BCUT2D eigenvalue weighted by atomic mass is 16.1. The molecule has 0 aromatic heterocycles. The maximum absolute atomic E-state index is 12.3. The number of hydrogen-bond acceptors (Lipinski definition) is 2. The van der Waals surface area contributed by atoms with Gasteiger partial charge in [0.2, 0.25) is 0 Å². The molecule has 4 aliphatic rings. The molecular formula is C42H78O2. The van der Waals surface area contributed by atoms with Crippen molar-refractivity contribution in [2.24, 2.45) is 69.0 Å². The van der Waals surface area contributed by atoms with Crippen molar-refractivity contribution in [3.8, 4) is 0 Å². The van der Waals surface area contributed by atoms with Gasteiger partial charge in [0.1, 0.15) is 11.6 Å². The zero-order chi connectivity index (χ0) is 33.7. The standard InChI is InChI=1S/2C20H36O.C2H6/c2*1-14(11-13-19(3,4)5)15(2)16-9-10-17-18(21)8-7-12-20(16,17)6;1-2/h2*14-17H,7-13H2,1-6H3;1-2H3/t14-,15+,16?,17?,20-;14-,15-,16?,17?,20+;/m10./s1. The molecule has 4 unspecified atom stereocenters. The lowest BCUT2D eigenvalue weighted by Gasteiger charge is -2.44. The van der Waals surface area contributed by atoms with Gasteiger partial charge in [0, 0.05) is 24.7 Å². The monoisotopic (exact) mass is 615 g/mol. The molecule has 0 spiro atoms. The number of ketones is 2. The first-order chi connectivity index (χ1) is 20.3. The number of hydrogen-bond donors (Lipinski definition) is 0. The SMILES string of the molecule is CC.C[C@H](C1CCC2C(=O)CCC[C@@]21C)[C@@H](C)CCC(C)(C)C.C[C@H](CCC(C)(C)C)[C@H](C)C1CCC2C(=O)CCC[C@@]21C. The van der Waals surface area contributed by atoms with Crippen LogP contribution in [0.5, 0.6) is 0 Å². The molecule has 0 aliphatic heterocycles. The van der Waals surface area contributed by atoms with Crippen LogP contribution in [0.15, 0.2) is 0 Å². The smallest absolute Gasteiger partial charge is 0.136 e. The molecule has 0 bridgehead atoms.